The summed E-state index contributed by atoms with van der Waals surface area (Å²) in [5.74, 6) is 0. The summed E-state index contributed by atoms with van der Waals surface area (Å²) >= 11 is 6.14. The lowest BCUT2D eigenvalue weighted by molar-refractivity contribution is -0.0704. The zero-order valence-electron chi connectivity index (χ0n) is 14.1. The summed E-state index contributed by atoms with van der Waals surface area (Å²) in [7, 11) is 0. The molecule has 2 atom stereocenters. The van der Waals surface area contributed by atoms with Crippen LogP contribution in [0, 0.1) is 6.92 Å². The zero-order chi connectivity index (χ0) is 16.4. The van der Waals surface area contributed by atoms with Crippen molar-refractivity contribution in [3.8, 4) is 11.1 Å². The summed E-state index contributed by atoms with van der Waals surface area (Å²) in [4.78, 5) is 2.47. The quantitative estimate of drug-likeness (QED) is 0.792. The Morgan fingerprint density at radius 2 is 1.70 bits per heavy atom. The molecular formula is C20H24ClNO. The molecule has 122 valence electrons. The highest BCUT2D eigenvalue weighted by Crippen LogP contribution is 2.27. The second kappa shape index (κ2) is 7.04. The van der Waals surface area contributed by atoms with Gasteiger partial charge in [-0.15, -0.1) is 0 Å². The Labute approximate surface area is 144 Å². The number of hydrogen-bond donors (Lipinski definition) is 0. The smallest absolute Gasteiger partial charge is 0.0678 e. The topological polar surface area (TPSA) is 12.5 Å². The van der Waals surface area contributed by atoms with Crippen LogP contribution in [0.4, 0.5) is 0 Å². The molecule has 1 heterocycles. The van der Waals surface area contributed by atoms with Gasteiger partial charge in [0.05, 0.1) is 12.2 Å². The molecule has 1 aliphatic heterocycles. The van der Waals surface area contributed by atoms with Crippen LogP contribution in [0.3, 0.4) is 0 Å². The Morgan fingerprint density at radius 1 is 1.04 bits per heavy atom. The summed E-state index contributed by atoms with van der Waals surface area (Å²) < 4.78 is 5.80. The molecule has 3 heteroatoms. The number of aryl methyl sites for hydroxylation is 1. The molecule has 0 unspecified atom stereocenters. The van der Waals surface area contributed by atoms with Crippen molar-refractivity contribution in [1.82, 2.24) is 4.90 Å². The van der Waals surface area contributed by atoms with Gasteiger partial charge in [0.1, 0.15) is 0 Å². The molecule has 0 aromatic heterocycles. The number of benzene rings is 2. The van der Waals surface area contributed by atoms with Crippen LogP contribution in [0.5, 0.6) is 0 Å². The Morgan fingerprint density at radius 3 is 2.35 bits per heavy atom. The van der Waals surface area contributed by atoms with Crippen LogP contribution in [0.1, 0.15) is 25.0 Å². The number of hydrogen-bond acceptors (Lipinski definition) is 2. The fourth-order valence-electron chi connectivity index (χ4n) is 3.37. The second-order valence-electron chi connectivity index (χ2n) is 6.61. The molecule has 0 saturated carbocycles. The van der Waals surface area contributed by atoms with E-state index in [4.69, 9.17) is 16.3 Å². The molecule has 3 rings (SSSR count). The molecule has 1 fully saturated rings. The maximum Gasteiger partial charge on any atom is 0.0678 e. The average Bonchev–Trinajstić information content (AvgIpc) is 2.49. The summed E-state index contributed by atoms with van der Waals surface area (Å²) in [6.07, 6.45) is 0.624. The molecule has 1 saturated heterocycles. The van der Waals surface area contributed by atoms with E-state index in [0.29, 0.717) is 12.2 Å². The molecule has 0 N–H and O–H groups in total. The third-order valence-corrected chi connectivity index (χ3v) is 4.60. The number of halogens is 1. The van der Waals surface area contributed by atoms with E-state index in [1.54, 1.807) is 0 Å². The minimum atomic E-state index is 0.312. The van der Waals surface area contributed by atoms with Crippen molar-refractivity contribution in [2.75, 3.05) is 13.1 Å². The monoisotopic (exact) mass is 329 g/mol. The van der Waals surface area contributed by atoms with Crippen molar-refractivity contribution >= 4 is 11.6 Å². The number of rotatable bonds is 3. The molecule has 0 bridgehead atoms. The number of ether oxygens (including phenoxy) is 1. The summed E-state index contributed by atoms with van der Waals surface area (Å²) in [5, 5.41) is 0.783. The van der Waals surface area contributed by atoms with Crippen LogP contribution in [0.2, 0.25) is 5.02 Å². The van der Waals surface area contributed by atoms with Gasteiger partial charge in [0.2, 0.25) is 0 Å². The molecule has 0 radical (unpaired) electrons. The lowest BCUT2D eigenvalue weighted by Crippen LogP contribution is -2.44. The van der Waals surface area contributed by atoms with Gasteiger partial charge >= 0.3 is 0 Å². The summed E-state index contributed by atoms with van der Waals surface area (Å²) in [5.41, 5.74) is 5.02. The summed E-state index contributed by atoms with van der Waals surface area (Å²) in [6, 6.07) is 14.9. The van der Waals surface area contributed by atoms with Gasteiger partial charge < -0.3 is 4.74 Å². The first-order chi connectivity index (χ1) is 11.0. The van der Waals surface area contributed by atoms with Gasteiger partial charge in [0.25, 0.3) is 0 Å². The normalized spacial score (nSPS) is 22.3. The van der Waals surface area contributed by atoms with Crippen LogP contribution in [0.25, 0.3) is 11.1 Å². The Kier molecular flexibility index (Phi) is 5.05. The van der Waals surface area contributed by atoms with Crippen LogP contribution < -0.4 is 0 Å². The van der Waals surface area contributed by atoms with Crippen molar-refractivity contribution in [1.29, 1.82) is 0 Å². The average molecular weight is 330 g/mol. The first-order valence-electron chi connectivity index (χ1n) is 8.24. The van der Waals surface area contributed by atoms with Crippen LogP contribution in [-0.2, 0) is 11.3 Å². The Bertz CT molecular complexity index is 658. The highest BCUT2D eigenvalue weighted by Gasteiger charge is 2.21. The van der Waals surface area contributed by atoms with E-state index in [9.17, 15) is 0 Å². The van der Waals surface area contributed by atoms with E-state index in [1.165, 1.54) is 22.3 Å². The Hall–Kier alpha value is -1.35. The van der Waals surface area contributed by atoms with E-state index in [-0.39, 0.29) is 0 Å². The molecule has 23 heavy (non-hydrogen) atoms. The zero-order valence-corrected chi connectivity index (χ0v) is 14.8. The molecule has 2 aromatic carbocycles. The number of morpholine rings is 1. The first kappa shape index (κ1) is 16.5. The van der Waals surface area contributed by atoms with Gasteiger partial charge in [-0.1, -0.05) is 41.9 Å². The van der Waals surface area contributed by atoms with E-state index >= 15 is 0 Å². The third kappa shape index (κ3) is 4.14. The van der Waals surface area contributed by atoms with Gasteiger partial charge in [-0.2, -0.15) is 0 Å². The molecule has 2 nitrogen and oxygen atoms in total. The fraction of sp³-hybridized carbons (Fsp3) is 0.400. The lowest BCUT2D eigenvalue weighted by atomic mass is 9.99. The lowest BCUT2D eigenvalue weighted by Gasteiger charge is -2.35. The van der Waals surface area contributed by atoms with Gasteiger partial charge in [0.15, 0.2) is 0 Å². The van der Waals surface area contributed by atoms with Crippen molar-refractivity contribution in [2.45, 2.75) is 39.5 Å². The molecule has 0 aliphatic carbocycles. The first-order valence-corrected chi connectivity index (χ1v) is 8.62. The van der Waals surface area contributed by atoms with Crippen molar-refractivity contribution in [3.05, 3.63) is 58.6 Å². The predicted octanol–water partition coefficient (Wildman–Crippen LogP) is 4.92. The Balaban J connectivity index is 1.73. The van der Waals surface area contributed by atoms with Crippen molar-refractivity contribution in [3.63, 3.8) is 0 Å². The third-order valence-electron chi connectivity index (χ3n) is 4.37. The molecule has 0 amide bonds. The SMILES string of the molecule is Cc1ccc(Cl)cc1-c1ccc(CN2C[C@H](C)O[C@@H](C)C2)cc1. The fourth-order valence-corrected chi connectivity index (χ4v) is 3.54. The van der Waals surface area contributed by atoms with E-state index in [2.05, 4.69) is 56.0 Å². The van der Waals surface area contributed by atoms with Crippen LogP contribution >= 0.6 is 11.6 Å². The maximum atomic E-state index is 6.14. The minimum absolute atomic E-state index is 0.312. The van der Waals surface area contributed by atoms with E-state index in [1.807, 2.05) is 12.1 Å². The molecule has 0 spiro atoms. The maximum absolute atomic E-state index is 6.14. The number of nitrogens with zero attached hydrogens (tertiary/aromatic N) is 1. The standard InChI is InChI=1S/C20H24ClNO/c1-14-4-9-19(21)10-20(14)18-7-5-17(6-8-18)13-22-11-15(2)23-16(3)12-22/h4-10,15-16H,11-13H2,1-3H3/t15-,16-/m0/s1. The predicted molar refractivity (Wildman–Crippen MR) is 96.9 cm³/mol. The second-order valence-corrected chi connectivity index (χ2v) is 7.04. The van der Waals surface area contributed by atoms with Crippen molar-refractivity contribution < 1.29 is 4.74 Å². The molecule has 1 aliphatic rings. The highest BCUT2D eigenvalue weighted by molar-refractivity contribution is 6.30. The largest absolute Gasteiger partial charge is 0.373 e. The van der Waals surface area contributed by atoms with Gasteiger partial charge in [0, 0.05) is 24.7 Å². The van der Waals surface area contributed by atoms with Gasteiger partial charge in [-0.25, -0.2) is 0 Å². The van der Waals surface area contributed by atoms with Crippen LogP contribution in [-0.4, -0.2) is 30.2 Å². The van der Waals surface area contributed by atoms with Crippen LogP contribution in [0.15, 0.2) is 42.5 Å². The summed E-state index contributed by atoms with van der Waals surface area (Å²) in [6.45, 7) is 9.39. The molecular weight excluding hydrogens is 306 g/mol. The highest BCUT2D eigenvalue weighted by atomic mass is 35.5. The van der Waals surface area contributed by atoms with E-state index in [0.717, 1.165) is 24.7 Å². The van der Waals surface area contributed by atoms with Gasteiger partial charge in [-0.05, 0) is 55.2 Å². The minimum Gasteiger partial charge on any atom is -0.373 e. The molecule has 2 aromatic rings. The van der Waals surface area contributed by atoms with Gasteiger partial charge in [-0.3, -0.25) is 4.90 Å². The van der Waals surface area contributed by atoms with Crippen molar-refractivity contribution in [2.24, 2.45) is 0 Å². The van der Waals surface area contributed by atoms with E-state index < -0.39 is 0 Å².